The third-order valence-electron chi connectivity index (χ3n) is 4.48. The van der Waals surface area contributed by atoms with Crippen molar-refractivity contribution in [3.8, 4) is 5.75 Å². The minimum Gasteiger partial charge on any atom is -0.496 e. The molecule has 1 aromatic rings. The van der Waals surface area contributed by atoms with Crippen molar-refractivity contribution in [3.05, 3.63) is 34.9 Å². The number of benzene rings is 1. The van der Waals surface area contributed by atoms with Gasteiger partial charge in [-0.15, -0.1) is 0 Å². The molecule has 0 aliphatic heterocycles. The maximum Gasteiger partial charge on any atom is 0.121 e. The summed E-state index contributed by atoms with van der Waals surface area (Å²) in [6.07, 6.45) is 9.28. The highest BCUT2D eigenvalue weighted by atomic mass is 16.5. The summed E-state index contributed by atoms with van der Waals surface area (Å²) in [5, 5.41) is 3.51. The standard InChI is InChI=1S/C19H29NO/c1-4-20-14-18(17-8-6-5-7-9-17)13-16-10-11-19(21-3)15(2)12-16/h10-13,17,20H,4-9,14H2,1-3H3/b18-13-. The molecule has 116 valence electrons. The van der Waals surface area contributed by atoms with Crippen molar-refractivity contribution in [2.45, 2.75) is 46.0 Å². The molecule has 0 spiro atoms. The Kier molecular flexibility index (Phi) is 6.31. The van der Waals surface area contributed by atoms with Crippen LogP contribution in [-0.2, 0) is 0 Å². The molecule has 1 aliphatic rings. The van der Waals surface area contributed by atoms with Gasteiger partial charge < -0.3 is 10.1 Å². The summed E-state index contributed by atoms with van der Waals surface area (Å²) < 4.78 is 5.35. The van der Waals surface area contributed by atoms with Crippen LogP contribution < -0.4 is 10.1 Å². The van der Waals surface area contributed by atoms with E-state index in [4.69, 9.17) is 4.74 Å². The van der Waals surface area contributed by atoms with Gasteiger partial charge in [0.2, 0.25) is 0 Å². The SMILES string of the molecule is CCNC/C(=C/c1ccc(OC)c(C)c1)C1CCCCC1. The Bertz CT molecular complexity index is 472. The predicted molar refractivity (Wildman–Crippen MR) is 90.8 cm³/mol. The van der Waals surface area contributed by atoms with Gasteiger partial charge in [-0.25, -0.2) is 0 Å². The Hall–Kier alpha value is -1.28. The van der Waals surface area contributed by atoms with Crippen LogP contribution >= 0.6 is 0 Å². The minimum absolute atomic E-state index is 0.764. The van der Waals surface area contributed by atoms with Crippen LogP contribution in [0.15, 0.2) is 23.8 Å². The molecule has 2 rings (SSSR count). The van der Waals surface area contributed by atoms with Gasteiger partial charge in [-0.05, 0) is 55.5 Å². The highest BCUT2D eigenvalue weighted by molar-refractivity contribution is 5.56. The second-order valence-corrected chi connectivity index (χ2v) is 6.06. The highest BCUT2D eigenvalue weighted by Crippen LogP contribution is 2.31. The molecular weight excluding hydrogens is 258 g/mol. The number of hydrogen-bond acceptors (Lipinski definition) is 2. The van der Waals surface area contributed by atoms with Crippen molar-refractivity contribution in [1.82, 2.24) is 5.32 Å². The number of methoxy groups -OCH3 is 1. The van der Waals surface area contributed by atoms with E-state index in [-0.39, 0.29) is 0 Å². The molecule has 0 atom stereocenters. The van der Waals surface area contributed by atoms with Gasteiger partial charge in [0, 0.05) is 6.54 Å². The van der Waals surface area contributed by atoms with E-state index in [1.165, 1.54) is 43.2 Å². The normalized spacial score (nSPS) is 17.0. The van der Waals surface area contributed by atoms with Gasteiger partial charge in [0.05, 0.1) is 7.11 Å². The zero-order valence-corrected chi connectivity index (χ0v) is 13.7. The number of aryl methyl sites for hydroxylation is 1. The molecule has 0 bridgehead atoms. The lowest BCUT2D eigenvalue weighted by Crippen LogP contribution is -2.22. The van der Waals surface area contributed by atoms with Crippen molar-refractivity contribution < 1.29 is 4.74 Å². The first-order chi connectivity index (χ1) is 10.2. The van der Waals surface area contributed by atoms with Crippen molar-refractivity contribution >= 4 is 6.08 Å². The van der Waals surface area contributed by atoms with Crippen LogP contribution in [0.2, 0.25) is 0 Å². The number of hydrogen-bond donors (Lipinski definition) is 1. The average molecular weight is 287 g/mol. The van der Waals surface area contributed by atoms with Crippen LogP contribution in [0, 0.1) is 12.8 Å². The number of likely N-dealkylation sites (N-methyl/N-ethyl adjacent to an activating group) is 1. The molecule has 21 heavy (non-hydrogen) atoms. The van der Waals surface area contributed by atoms with E-state index in [2.05, 4.69) is 43.4 Å². The first-order valence-corrected chi connectivity index (χ1v) is 8.30. The molecule has 2 nitrogen and oxygen atoms in total. The van der Waals surface area contributed by atoms with E-state index in [9.17, 15) is 0 Å². The largest absolute Gasteiger partial charge is 0.496 e. The number of nitrogens with one attached hydrogen (secondary N) is 1. The van der Waals surface area contributed by atoms with Crippen molar-refractivity contribution in [1.29, 1.82) is 0 Å². The number of rotatable bonds is 6. The number of ether oxygens (including phenoxy) is 1. The third-order valence-corrected chi connectivity index (χ3v) is 4.48. The van der Waals surface area contributed by atoms with Crippen LogP contribution in [0.3, 0.4) is 0 Å². The highest BCUT2D eigenvalue weighted by Gasteiger charge is 2.17. The molecule has 0 unspecified atom stereocenters. The maximum atomic E-state index is 5.35. The lowest BCUT2D eigenvalue weighted by molar-refractivity contribution is 0.397. The molecule has 0 radical (unpaired) electrons. The van der Waals surface area contributed by atoms with E-state index in [0.717, 1.165) is 24.8 Å². The lowest BCUT2D eigenvalue weighted by atomic mass is 9.83. The van der Waals surface area contributed by atoms with Crippen molar-refractivity contribution in [2.24, 2.45) is 5.92 Å². The molecule has 1 N–H and O–H groups in total. The van der Waals surface area contributed by atoms with E-state index in [1.54, 1.807) is 12.7 Å². The summed E-state index contributed by atoms with van der Waals surface area (Å²) in [5.41, 5.74) is 4.07. The molecule has 0 heterocycles. The summed E-state index contributed by atoms with van der Waals surface area (Å²) in [4.78, 5) is 0. The van der Waals surface area contributed by atoms with Gasteiger partial charge in [-0.3, -0.25) is 0 Å². The molecule has 0 amide bonds. The minimum atomic E-state index is 0.764. The quantitative estimate of drug-likeness (QED) is 0.827. The Balaban J connectivity index is 2.19. The predicted octanol–water partition coefficient (Wildman–Crippen LogP) is 4.58. The Morgan fingerprint density at radius 1 is 1.29 bits per heavy atom. The first-order valence-electron chi connectivity index (χ1n) is 8.30. The molecular formula is C19H29NO. The van der Waals surface area contributed by atoms with Crippen LogP contribution in [0.25, 0.3) is 6.08 Å². The first kappa shape index (κ1) is 16.1. The van der Waals surface area contributed by atoms with Crippen LogP contribution in [0.4, 0.5) is 0 Å². The maximum absolute atomic E-state index is 5.35. The zero-order chi connectivity index (χ0) is 15.1. The van der Waals surface area contributed by atoms with Gasteiger partial charge in [0.25, 0.3) is 0 Å². The van der Waals surface area contributed by atoms with Crippen LogP contribution in [-0.4, -0.2) is 20.2 Å². The Morgan fingerprint density at radius 2 is 2.05 bits per heavy atom. The Morgan fingerprint density at radius 3 is 2.67 bits per heavy atom. The average Bonchev–Trinajstić information content (AvgIpc) is 2.52. The fraction of sp³-hybridized carbons (Fsp3) is 0.579. The monoisotopic (exact) mass is 287 g/mol. The smallest absolute Gasteiger partial charge is 0.121 e. The molecule has 1 aliphatic carbocycles. The summed E-state index contributed by atoms with van der Waals surface area (Å²) in [6.45, 7) is 6.34. The topological polar surface area (TPSA) is 21.3 Å². The fourth-order valence-electron chi connectivity index (χ4n) is 3.26. The fourth-order valence-corrected chi connectivity index (χ4v) is 3.26. The van der Waals surface area contributed by atoms with Gasteiger partial charge in [0.15, 0.2) is 0 Å². The van der Waals surface area contributed by atoms with Crippen LogP contribution in [0.1, 0.15) is 50.2 Å². The van der Waals surface area contributed by atoms with Gasteiger partial charge in [0.1, 0.15) is 5.75 Å². The van der Waals surface area contributed by atoms with Gasteiger partial charge >= 0.3 is 0 Å². The molecule has 1 aromatic carbocycles. The molecule has 1 fully saturated rings. The molecule has 2 heteroatoms. The zero-order valence-electron chi connectivity index (χ0n) is 13.7. The summed E-state index contributed by atoms with van der Waals surface area (Å²) in [5.74, 6) is 1.73. The lowest BCUT2D eigenvalue weighted by Gasteiger charge is -2.25. The van der Waals surface area contributed by atoms with E-state index >= 15 is 0 Å². The molecule has 0 saturated heterocycles. The van der Waals surface area contributed by atoms with Crippen LogP contribution in [0.5, 0.6) is 5.75 Å². The van der Waals surface area contributed by atoms with Gasteiger partial charge in [-0.2, -0.15) is 0 Å². The molecule has 0 aromatic heterocycles. The third kappa shape index (κ3) is 4.60. The van der Waals surface area contributed by atoms with E-state index < -0.39 is 0 Å². The van der Waals surface area contributed by atoms with Crippen molar-refractivity contribution in [3.63, 3.8) is 0 Å². The second-order valence-electron chi connectivity index (χ2n) is 6.06. The van der Waals surface area contributed by atoms with Crippen molar-refractivity contribution in [2.75, 3.05) is 20.2 Å². The van der Waals surface area contributed by atoms with E-state index in [1.807, 2.05) is 0 Å². The molecule has 1 saturated carbocycles. The van der Waals surface area contributed by atoms with Gasteiger partial charge in [-0.1, -0.05) is 43.9 Å². The second kappa shape index (κ2) is 8.23. The summed E-state index contributed by atoms with van der Waals surface area (Å²) in [7, 11) is 1.73. The van der Waals surface area contributed by atoms with E-state index in [0.29, 0.717) is 0 Å². The Labute approximate surface area is 129 Å². The summed E-state index contributed by atoms with van der Waals surface area (Å²) in [6, 6.07) is 6.47. The summed E-state index contributed by atoms with van der Waals surface area (Å²) >= 11 is 0.